The number of carbonyl (C=O) groups is 3. The summed E-state index contributed by atoms with van der Waals surface area (Å²) < 4.78 is 10.8. The quantitative estimate of drug-likeness (QED) is 0.104. The molecule has 0 aliphatic heterocycles. The molecule has 2 N–H and O–H groups in total. The normalized spacial score (nSPS) is 11.6. The number of thioether (sulfide) groups is 1. The molecule has 5 rings (SSSR count). The van der Waals surface area contributed by atoms with Gasteiger partial charge < -0.3 is 20.1 Å². The van der Waals surface area contributed by atoms with Crippen LogP contribution < -0.4 is 25.0 Å². The summed E-state index contributed by atoms with van der Waals surface area (Å²) in [7, 11) is 3.06. The summed E-state index contributed by atoms with van der Waals surface area (Å²) in [6.07, 6.45) is 1.57. The highest BCUT2D eigenvalue weighted by atomic mass is 32.2. The number of carbonyl (C=O) groups excluding carboxylic acids is 3. The molecule has 0 aliphatic carbocycles. The Balaban J connectivity index is 1.37. The van der Waals surface area contributed by atoms with Gasteiger partial charge in [-0.2, -0.15) is 0 Å². The summed E-state index contributed by atoms with van der Waals surface area (Å²) >= 11 is 1.38. The van der Waals surface area contributed by atoms with E-state index in [0.29, 0.717) is 28.3 Å². The summed E-state index contributed by atoms with van der Waals surface area (Å²) in [6.45, 7) is 1.86. The largest absolute Gasteiger partial charge is 0.493 e. The lowest BCUT2D eigenvalue weighted by Crippen LogP contribution is -2.32. The van der Waals surface area contributed by atoms with Gasteiger partial charge >= 0.3 is 0 Å². The minimum Gasteiger partial charge on any atom is -0.493 e. The van der Waals surface area contributed by atoms with Gasteiger partial charge in [0.25, 0.3) is 11.8 Å². The highest BCUT2D eigenvalue weighted by Gasteiger charge is 2.25. The van der Waals surface area contributed by atoms with E-state index >= 15 is 0 Å². The van der Waals surface area contributed by atoms with Crippen molar-refractivity contribution in [2.45, 2.75) is 17.1 Å². The number of amides is 3. The zero-order chi connectivity index (χ0) is 33.9. The second-order valence-corrected chi connectivity index (χ2v) is 12.0. The summed E-state index contributed by atoms with van der Waals surface area (Å²) in [5.74, 6) is -0.0377. The van der Waals surface area contributed by atoms with Crippen molar-refractivity contribution in [1.82, 2.24) is 5.32 Å². The van der Waals surface area contributed by atoms with Crippen LogP contribution >= 0.6 is 11.8 Å². The third-order valence-corrected chi connectivity index (χ3v) is 8.33. The van der Waals surface area contributed by atoms with Crippen LogP contribution in [0.2, 0.25) is 0 Å². The molecule has 3 amide bonds. The molecule has 1 atom stereocenters. The molecule has 0 bridgehead atoms. The van der Waals surface area contributed by atoms with Crippen molar-refractivity contribution < 1.29 is 23.9 Å². The Bertz CT molecular complexity index is 1860. The third-order valence-electron chi connectivity index (χ3n) is 7.25. The second-order valence-electron chi connectivity index (χ2n) is 10.6. The Hall–Kier alpha value is -5.80. The molecule has 0 aromatic heterocycles. The van der Waals surface area contributed by atoms with Crippen molar-refractivity contribution in [3.05, 3.63) is 150 Å². The maximum absolute atomic E-state index is 13.9. The van der Waals surface area contributed by atoms with Crippen LogP contribution in [-0.4, -0.2) is 37.2 Å². The molecule has 0 saturated heterocycles. The van der Waals surface area contributed by atoms with Gasteiger partial charge in [-0.1, -0.05) is 66.7 Å². The number of ether oxygens (including phenoxy) is 2. The molecular weight excluding hydrogens is 623 g/mol. The van der Waals surface area contributed by atoms with E-state index in [0.717, 1.165) is 16.3 Å². The molecule has 48 heavy (non-hydrogen) atoms. The number of hydrogen-bond acceptors (Lipinski definition) is 6. The van der Waals surface area contributed by atoms with E-state index in [1.54, 1.807) is 65.6 Å². The second kappa shape index (κ2) is 16.2. The van der Waals surface area contributed by atoms with Gasteiger partial charge in [0.15, 0.2) is 11.5 Å². The van der Waals surface area contributed by atoms with Crippen LogP contribution in [0.25, 0.3) is 6.08 Å². The first-order valence-corrected chi connectivity index (χ1v) is 16.1. The number of para-hydroxylation sites is 2. The fraction of sp³-hybridized carbons (Fsp3) is 0.103. The lowest BCUT2D eigenvalue weighted by atomic mass is 10.1. The van der Waals surface area contributed by atoms with Crippen LogP contribution in [0.15, 0.2) is 144 Å². The first kappa shape index (κ1) is 33.6. The van der Waals surface area contributed by atoms with E-state index in [9.17, 15) is 14.4 Å². The number of nitrogens with one attached hydrogen (secondary N) is 2. The van der Waals surface area contributed by atoms with Crippen molar-refractivity contribution in [3.63, 3.8) is 0 Å². The zero-order valence-corrected chi connectivity index (χ0v) is 27.6. The van der Waals surface area contributed by atoms with Gasteiger partial charge in [-0.25, -0.2) is 0 Å². The van der Waals surface area contributed by atoms with E-state index < -0.39 is 17.1 Å². The molecule has 0 heterocycles. The molecule has 242 valence electrons. The molecular formula is C39H35N3O5S. The van der Waals surface area contributed by atoms with Gasteiger partial charge in [-0.3, -0.25) is 19.3 Å². The van der Waals surface area contributed by atoms with E-state index in [-0.39, 0.29) is 11.6 Å². The minimum atomic E-state index is -0.528. The Morgan fingerprint density at radius 2 is 1.31 bits per heavy atom. The van der Waals surface area contributed by atoms with Crippen LogP contribution in [0.3, 0.4) is 0 Å². The fourth-order valence-electron chi connectivity index (χ4n) is 4.89. The van der Waals surface area contributed by atoms with Crippen molar-refractivity contribution in [1.29, 1.82) is 0 Å². The molecule has 9 heteroatoms. The lowest BCUT2D eigenvalue weighted by molar-refractivity contribution is -0.117. The summed E-state index contributed by atoms with van der Waals surface area (Å²) in [6, 6.07) is 40.1. The summed E-state index contributed by atoms with van der Waals surface area (Å²) in [4.78, 5) is 43.1. The fourth-order valence-corrected chi connectivity index (χ4v) is 5.86. The van der Waals surface area contributed by atoms with E-state index in [4.69, 9.17) is 9.47 Å². The SMILES string of the molecule is COc1ccc(/C=C(/NC(=O)c2ccccc2)C(=O)Nc2cccc(SC(C)C(=O)N(c3ccccc3)c3ccccc3)c2)cc1OC. The maximum atomic E-state index is 13.9. The number of rotatable bonds is 12. The van der Waals surface area contributed by atoms with Gasteiger partial charge in [-0.05, 0) is 85.3 Å². The molecule has 1 unspecified atom stereocenters. The van der Waals surface area contributed by atoms with Gasteiger partial charge in [-0.15, -0.1) is 11.8 Å². The molecule has 8 nitrogen and oxygen atoms in total. The number of anilines is 3. The molecule has 0 radical (unpaired) electrons. The first-order chi connectivity index (χ1) is 23.4. The molecule has 5 aromatic carbocycles. The molecule has 0 spiro atoms. The van der Waals surface area contributed by atoms with Gasteiger partial charge in [0.1, 0.15) is 5.70 Å². The number of hydrogen-bond donors (Lipinski definition) is 2. The predicted octanol–water partition coefficient (Wildman–Crippen LogP) is 7.96. The smallest absolute Gasteiger partial charge is 0.272 e. The third kappa shape index (κ3) is 8.51. The maximum Gasteiger partial charge on any atom is 0.272 e. The van der Waals surface area contributed by atoms with Crippen molar-refractivity contribution in [2.24, 2.45) is 0 Å². The lowest BCUT2D eigenvalue weighted by Gasteiger charge is -2.26. The Kier molecular flexibility index (Phi) is 11.3. The van der Waals surface area contributed by atoms with Gasteiger partial charge in [0.05, 0.1) is 19.5 Å². The van der Waals surface area contributed by atoms with Crippen LogP contribution in [0.1, 0.15) is 22.8 Å². The van der Waals surface area contributed by atoms with Crippen molar-refractivity contribution in [3.8, 4) is 11.5 Å². The topological polar surface area (TPSA) is 97.0 Å². The number of nitrogens with zero attached hydrogens (tertiary/aromatic N) is 1. The molecule has 0 fully saturated rings. The van der Waals surface area contributed by atoms with Crippen molar-refractivity contribution >= 4 is 52.6 Å². The van der Waals surface area contributed by atoms with Gasteiger partial charge in [0.2, 0.25) is 5.91 Å². The Morgan fingerprint density at radius 3 is 1.92 bits per heavy atom. The molecule has 0 saturated carbocycles. The highest BCUT2D eigenvalue weighted by molar-refractivity contribution is 8.00. The van der Waals surface area contributed by atoms with E-state index in [2.05, 4.69) is 10.6 Å². The monoisotopic (exact) mass is 657 g/mol. The summed E-state index contributed by atoms with van der Waals surface area (Å²) in [5, 5.41) is 5.20. The van der Waals surface area contributed by atoms with E-state index in [1.807, 2.05) is 85.8 Å². The molecule has 0 aliphatic rings. The Labute approximate surface area is 284 Å². The number of benzene rings is 5. The van der Waals surface area contributed by atoms with Crippen molar-refractivity contribution in [2.75, 3.05) is 24.4 Å². The summed E-state index contributed by atoms with van der Waals surface area (Å²) in [5.41, 5.74) is 3.09. The number of methoxy groups -OCH3 is 2. The van der Waals surface area contributed by atoms with Crippen LogP contribution in [0.5, 0.6) is 11.5 Å². The molecule has 5 aromatic rings. The standard InChI is InChI=1S/C39H35N3O5S/c1-27(39(45)42(31-17-9-5-10-18-31)32-19-11-6-12-20-32)48-33-21-13-16-30(26-33)40-38(44)34(41-37(43)29-14-7-4-8-15-29)24-28-22-23-35(46-2)36(25-28)47-3/h4-27H,1-3H3,(H,40,44)(H,41,43)/b34-24+. The first-order valence-electron chi connectivity index (χ1n) is 15.2. The average Bonchev–Trinajstić information content (AvgIpc) is 3.12. The van der Waals surface area contributed by atoms with Gasteiger partial charge in [0, 0.05) is 27.5 Å². The Morgan fingerprint density at radius 1 is 0.708 bits per heavy atom. The zero-order valence-electron chi connectivity index (χ0n) is 26.8. The highest BCUT2D eigenvalue weighted by Crippen LogP contribution is 2.32. The van der Waals surface area contributed by atoms with Crippen LogP contribution in [0, 0.1) is 0 Å². The predicted molar refractivity (Wildman–Crippen MR) is 192 cm³/mol. The van der Waals surface area contributed by atoms with E-state index in [1.165, 1.54) is 26.0 Å². The average molecular weight is 658 g/mol. The van der Waals surface area contributed by atoms with Crippen LogP contribution in [0.4, 0.5) is 17.1 Å². The minimum absolute atomic E-state index is 0.0269. The van der Waals surface area contributed by atoms with Crippen LogP contribution in [-0.2, 0) is 9.59 Å².